The predicted molar refractivity (Wildman–Crippen MR) is 126 cm³/mol. The van der Waals surface area contributed by atoms with E-state index in [-0.39, 0.29) is 24.9 Å². The van der Waals surface area contributed by atoms with Crippen molar-refractivity contribution in [3.63, 3.8) is 0 Å². The molecule has 33 heavy (non-hydrogen) atoms. The summed E-state index contributed by atoms with van der Waals surface area (Å²) < 4.78 is 12.9. The summed E-state index contributed by atoms with van der Waals surface area (Å²) in [6, 6.07) is 14.3. The highest BCUT2D eigenvalue weighted by Gasteiger charge is 2.30. The van der Waals surface area contributed by atoms with Crippen molar-refractivity contribution in [1.82, 2.24) is 14.8 Å². The van der Waals surface area contributed by atoms with Crippen molar-refractivity contribution in [2.75, 3.05) is 17.7 Å². The largest absolute Gasteiger partial charge is 0.484 e. The molecule has 0 bridgehead atoms. The van der Waals surface area contributed by atoms with E-state index in [2.05, 4.69) is 15.5 Å². The molecule has 1 amide bonds. The fourth-order valence-electron chi connectivity index (χ4n) is 3.20. The van der Waals surface area contributed by atoms with Gasteiger partial charge < -0.3 is 14.8 Å². The van der Waals surface area contributed by atoms with Crippen molar-refractivity contribution in [1.29, 1.82) is 0 Å². The quantitative estimate of drug-likeness (QED) is 0.326. The fourth-order valence-corrected chi connectivity index (χ4v) is 4.22. The minimum atomic E-state index is -0.474. The Morgan fingerprint density at radius 2 is 1.91 bits per heavy atom. The molecule has 10 heteroatoms. The molecule has 4 rings (SSSR count). The van der Waals surface area contributed by atoms with Crippen molar-refractivity contribution in [3.8, 4) is 5.75 Å². The topological polar surface area (TPSA) is 95.3 Å². The van der Waals surface area contributed by atoms with Gasteiger partial charge in [0, 0.05) is 6.04 Å². The molecular weight excluding hydrogens is 464 g/mol. The number of hydrogen-bond acceptors (Lipinski definition) is 7. The highest BCUT2D eigenvalue weighted by atomic mass is 35.5. The highest BCUT2D eigenvalue weighted by molar-refractivity contribution is 7.99. The molecule has 1 heterocycles. The minimum absolute atomic E-state index is 0.118. The Hall–Kier alpha value is -3.04. The Bertz CT molecular complexity index is 1150. The zero-order chi connectivity index (χ0) is 23.2. The molecule has 1 aromatic heterocycles. The maximum Gasteiger partial charge on any atom is 0.340 e. The van der Waals surface area contributed by atoms with Gasteiger partial charge in [0.15, 0.2) is 11.0 Å². The van der Waals surface area contributed by atoms with Crippen LogP contribution in [-0.2, 0) is 16.1 Å². The molecule has 0 radical (unpaired) electrons. The molecule has 0 unspecified atom stereocenters. The van der Waals surface area contributed by atoms with E-state index in [1.807, 2.05) is 16.7 Å². The van der Waals surface area contributed by atoms with E-state index in [9.17, 15) is 9.59 Å². The second kappa shape index (κ2) is 10.7. The van der Waals surface area contributed by atoms with Gasteiger partial charge in [0.05, 0.1) is 28.6 Å². The van der Waals surface area contributed by atoms with Crippen molar-refractivity contribution in [2.24, 2.45) is 0 Å². The smallest absolute Gasteiger partial charge is 0.340 e. The minimum Gasteiger partial charge on any atom is -0.484 e. The molecule has 1 N–H and O–H groups in total. The lowest BCUT2D eigenvalue weighted by Crippen LogP contribution is -2.18. The molecule has 3 aromatic rings. The maximum atomic E-state index is 12.6. The number of nitrogens with one attached hydrogen (secondary N) is 1. The number of halogens is 1. The van der Waals surface area contributed by atoms with E-state index in [0.717, 1.165) is 12.8 Å². The predicted octanol–water partition coefficient (Wildman–Crippen LogP) is 4.75. The maximum absolute atomic E-state index is 12.6. The van der Waals surface area contributed by atoms with E-state index in [4.69, 9.17) is 21.1 Å². The Morgan fingerprint density at radius 3 is 2.67 bits per heavy atom. The SMILES string of the molecule is CCOC(=O)c1ccccc1NC(=O)CSc1nnc(COc2ccccc2Cl)n1C1CC1. The number of benzene rings is 2. The van der Waals surface area contributed by atoms with Gasteiger partial charge in [0.1, 0.15) is 12.4 Å². The summed E-state index contributed by atoms with van der Waals surface area (Å²) in [7, 11) is 0. The second-order valence-corrected chi connectivity index (χ2v) is 8.67. The number of esters is 1. The van der Waals surface area contributed by atoms with Gasteiger partial charge in [-0.2, -0.15) is 0 Å². The summed E-state index contributed by atoms with van der Waals surface area (Å²) in [6.07, 6.45) is 2.06. The molecule has 0 atom stereocenters. The first-order valence-electron chi connectivity index (χ1n) is 10.6. The van der Waals surface area contributed by atoms with Crippen LogP contribution in [0, 0.1) is 0 Å². The third-order valence-corrected chi connectivity index (χ3v) is 6.12. The number of thioether (sulfide) groups is 1. The molecule has 0 spiro atoms. The van der Waals surface area contributed by atoms with Gasteiger partial charge in [-0.25, -0.2) is 4.79 Å². The van der Waals surface area contributed by atoms with Crippen LogP contribution in [0.5, 0.6) is 5.75 Å². The van der Waals surface area contributed by atoms with Crippen LogP contribution in [0.4, 0.5) is 5.69 Å². The number of hydrogen-bond donors (Lipinski definition) is 1. The third-order valence-electron chi connectivity index (χ3n) is 4.87. The summed E-state index contributed by atoms with van der Waals surface area (Å²) in [5, 5.41) is 12.5. The number of anilines is 1. The summed E-state index contributed by atoms with van der Waals surface area (Å²) in [5.74, 6) is 0.660. The fraction of sp³-hybridized carbons (Fsp3) is 0.304. The Labute approximate surface area is 200 Å². The summed E-state index contributed by atoms with van der Waals surface area (Å²) in [4.78, 5) is 24.7. The lowest BCUT2D eigenvalue weighted by Gasteiger charge is -2.11. The summed E-state index contributed by atoms with van der Waals surface area (Å²) in [6.45, 7) is 2.22. The number of amides is 1. The molecule has 1 aliphatic carbocycles. The third kappa shape index (κ3) is 5.85. The Morgan fingerprint density at radius 1 is 1.15 bits per heavy atom. The van der Waals surface area contributed by atoms with Crippen LogP contribution in [0.15, 0.2) is 53.7 Å². The lowest BCUT2D eigenvalue weighted by atomic mass is 10.2. The first kappa shape index (κ1) is 23.1. The van der Waals surface area contributed by atoms with Crippen molar-refractivity contribution in [3.05, 3.63) is 64.9 Å². The molecular formula is C23H23ClN4O4S. The van der Waals surface area contributed by atoms with Gasteiger partial charge in [-0.05, 0) is 44.0 Å². The molecule has 1 saturated carbocycles. The Kier molecular flexibility index (Phi) is 7.51. The molecule has 1 aliphatic rings. The summed E-state index contributed by atoms with van der Waals surface area (Å²) >= 11 is 7.46. The molecule has 172 valence electrons. The van der Waals surface area contributed by atoms with Crippen LogP contribution < -0.4 is 10.1 Å². The van der Waals surface area contributed by atoms with E-state index < -0.39 is 5.97 Å². The number of carbonyl (C=O) groups is 2. The zero-order valence-corrected chi connectivity index (χ0v) is 19.6. The lowest BCUT2D eigenvalue weighted by molar-refractivity contribution is -0.113. The standard InChI is InChI=1S/C23H23ClN4O4S/c1-2-31-22(30)16-7-3-5-9-18(16)25-21(29)14-33-23-27-26-20(28(23)15-11-12-15)13-32-19-10-6-4-8-17(19)24/h3-10,15H,2,11-14H2,1H3,(H,25,29). The average molecular weight is 487 g/mol. The van der Waals surface area contributed by atoms with Gasteiger partial charge in [-0.1, -0.05) is 47.6 Å². The van der Waals surface area contributed by atoms with Crippen LogP contribution in [-0.4, -0.2) is 39.0 Å². The number of ether oxygens (including phenoxy) is 2. The molecule has 1 fully saturated rings. The van der Waals surface area contributed by atoms with E-state index in [1.54, 1.807) is 43.3 Å². The van der Waals surface area contributed by atoms with Crippen LogP contribution in [0.3, 0.4) is 0 Å². The number of nitrogens with zero attached hydrogens (tertiary/aromatic N) is 3. The van der Waals surface area contributed by atoms with E-state index in [1.165, 1.54) is 11.8 Å². The molecule has 2 aromatic carbocycles. The number of carbonyl (C=O) groups excluding carboxylic acids is 2. The normalized spacial score (nSPS) is 12.9. The van der Waals surface area contributed by atoms with Crippen molar-refractivity contribution >= 4 is 40.9 Å². The van der Waals surface area contributed by atoms with Crippen molar-refractivity contribution in [2.45, 2.75) is 37.6 Å². The van der Waals surface area contributed by atoms with Gasteiger partial charge in [0.2, 0.25) is 5.91 Å². The molecule has 0 saturated heterocycles. The van der Waals surface area contributed by atoms with Gasteiger partial charge in [0.25, 0.3) is 0 Å². The number of aromatic nitrogens is 3. The first-order chi connectivity index (χ1) is 16.1. The molecule has 0 aliphatic heterocycles. The second-order valence-electron chi connectivity index (χ2n) is 7.32. The average Bonchev–Trinajstić information content (AvgIpc) is 3.57. The Balaban J connectivity index is 1.39. The van der Waals surface area contributed by atoms with Gasteiger partial charge >= 0.3 is 5.97 Å². The number of para-hydroxylation sites is 2. The van der Waals surface area contributed by atoms with Crippen molar-refractivity contribution < 1.29 is 19.1 Å². The van der Waals surface area contributed by atoms with Crippen LogP contribution >= 0.6 is 23.4 Å². The van der Waals surface area contributed by atoms with Crippen LogP contribution in [0.2, 0.25) is 5.02 Å². The summed E-state index contributed by atoms with van der Waals surface area (Å²) in [5.41, 5.74) is 0.733. The van der Waals surface area contributed by atoms with Gasteiger partial charge in [-0.15, -0.1) is 10.2 Å². The highest BCUT2D eigenvalue weighted by Crippen LogP contribution is 2.39. The van der Waals surface area contributed by atoms with E-state index in [0.29, 0.717) is 39.0 Å². The first-order valence-corrected chi connectivity index (χ1v) is 11.9. The molecule has 8 nitrogen and oxygen atoms in total. The zero-order valence-electron chi connectivity index (χ0n) is 18.0. The van der Waals surface area contributed by atoms with Gasteiger partial charge in [-0.3, -0.25) is 9.36 Å². The monoisotopic (exact) mass is 486 g/mol. The van der Waals surface area contributed by atoms with Crippen LogP contribution in [0.1, 0.15) is 42.0 Å². The van der Waals surface area contributed by atoms with E-state index >= 15 is 0 Å². The number of rotatable bonds is 10. The van der Waals surface area contributed by atoms with Crippen LogP contribution in [0.25, 0.3) is 0 Å².